The Labute approximate surface area is 185 Å². The third-order valence-electron chi connectivity index (χ3n) is 4.83. The smallest absolute Gasteiger partial charge is 0.416 e. The molecule has 0 amide bonds. The average molecular weight is 454 g/mol. The summed E-state index contributed by atoms with van der Waals surface area (Å²) < 4.78 is 43.9. The van der Waals surface area contributed by atoms with Crippen molar-refractivity contribution in [1.29, 1.82) is 0 Å². The van der Waals surface area contributed by atoms with Gasteiger partial charge in [-0.15, -0.1) is 0 Å². The second-order valence-electron chi connectivity index (χ2n) is 7.11. The summed E-state index contributed by atoms with van der Waals surface area (Å²) in [5.41, 5.74) is 1.89. The minimum atomic E-state index is -4.55. The molecule has 0 saturated carbocycles. The Morgan fingerprint density at radius 2 is 1.91 bits per heavy atom. The van der Waals surface area contributed by atoms with Gasteiger partial charge in [-0.25, -0.2) is 15.0 Å². The fourth-order valence-corrected chi connectivity index (χ4v) is 3.10. The van der Waals surface area contributed by atoms with E-state index in [1.54, 1.807) is 18.2 Å². The molecule has 8 nitrogen and oxygen atoms in total. The van der Waals surface area contributed by atoms with E-state index in [9.17, 15) is 18.0 Å². The van der Waals surface area contributed by atoms with Crippen LogP contribution in [0.25, 0.3) is 11.0 Å². The molecule has 1 aromatic carbocycles. The number of carbonyl (C=O) groups is 1. The first-order chi connectivity index (χ1) is 15.7. The minimum absolute atomic E-state index is 0.121. The summed E-state index contributed by atoms with van der Waals surface area (Å²) in [6, 6.07) is 7.00. The minimum Gasteiger partial charge on any atom is -0.467 e. The van der Waals surface area contributed by atoms with Crippen LogP contribution in [0.1, 0.15) is 27.2 Å². The Bertz CT molecular complexity index is 1340. The van der Waals surface area contributed by atoms with Gasteiger partial charge in [0.05, 0.1) is 18.9 Å². The van der Waals surface area contributed by atoms with E-state index in [-0.39, 0.29) is 18.1 Å². The van der Waals surface area contributed by atoms with Gasteiger partial charge in [0.25, 0.3) is 0 Å². The number of Topliss-reactive ketones (excluding diaryl/α,β-unsaturated/α-hetero) is 1. The molecule has 4 aromatic rings. The molecule has 0 atom stereocenters. The summed E-state index contributed by atoms with van der Waals surface area (Å²) in [6.07, 6.45) is -0.815. The molecule has 3 aromatic heterocycles. The molecule has 0 aliphatic heterocycles. The maximum Gasteiger partial charge on any atom is 0.416 e. The molecule has 0 aliphatic rings. The largest absolute Gasteiger partial charge is 0.467 e. The van der Waals surface area contributed by atoms with Gasteiger partial charge in [0, 0.05) is 18.3 Å². The van der Waals surface area contributed by atoms with Crippen LogP contribution in [0.5, 0.6) is 6.01 Å². The lowest BCUT2D eigenvalue weighted by atomic mass is 10.0. The molecule has 3 heterocycles. The van der Waals surface area contributed by atoms with Crippen molar-refractivity contribution in [3.05, 3.63) is 71.4 Å². The summed E-state index contributed by atoms with van der Waals surface area (Å²) in [4.78, 5) is 33.1. The van der Waals surface area contributed by atoms with Crippen molar-refractivity contribution < 1.29 is 22.7 Å². The maximum absolute atomic E-state index is 12.9. The number of rotatable bonds is 6. The topological polar surface area (TPSA) is 103 Å². The van der Waals surface area contributed by atoms with Gasteiger partial charge in [-0.05, 0) is 36.2 Å². The number of hydrogen-bond acceptors (Lipinski definition) is 8. The van der Waals surface area contributed by atoms with Crippen LogP contribution in [-0.2, 0) is 12.6 Å². The van der Waals surface area contributed by atoms with E-state index in [0.717, 1.165) is 23.9 Å². The molecule has 0 spiro atoms. The van der Waals surface area contributed by atoms with E-state index >= 15 is 0 Å². The number of aryl methyl sites for hydroxylation is 1. The van der Waals surface area contributed by atoms with Crippen LogP contribution in [-0.4, -0.2) is 37.8 Å². The van der Waals surface area contributed by atoms with E-state index < -0.39 is 17.5 Å². The second kappa shape index (κ2) is 8.77. The number of pyridine rings is 1. The first-order valence-electron chi connectivity index (χ1n) is 9.69. The quantitative estimate of drug-likeness (QED) is 0.430. The van der Waals surface area contributed by atoms with Crippen molar-refractivity contribution in [2.75, 3.05) is 12.4 Å². The molecule has 1 N–H and O–H groups in total. The number of benzene rings is 1. The molecule has 11 heteroatoms. The van der Waals surface area contributed by atoms with E-state index in [2.05, 4.69) is 30.2 Å². The molecule has 0 bridgehead atoms. The van der Waals surface area contributed by atoms with Gasteiger partial charge in [0.1, 0.15) is 23.1 Å². The Morgan fingerprint density at radius 3 is 2.67 bits per heavy atom. The van der Waals surface area contributed by atoms with Crippen molar-refractivity contribution in [1.82, 2.24) is 24.9 Å². The number of anilines is 2. The molecule has 0 fully saturated rings. The van der Waals surface area contributed by atoms with Gasteiger partial charge in [-0.3, -0.25) is 9.78 Å². The summed E-state index contributed by atoms with van der Waals surface area (Å²) >= 11 is 0. The number of fused-ring (bicyclic) bond motifs is 1. The van der Waals surface area contributed by atoms with Gasteiger partial charge in [-0.2, -0.15) is 18.2 Å². The van der Waals surface area contributed by atoms with Gasteiger partial charge < -0.3 is 10.1 Å². The zero-order valence-electron chi connectivity index (χ0n) is 17.5. The average Bonchev–Trinajstić information content (AvgIpc) is 2.80. The third-order valence-corrected chi connectivity index (χ3v) is 4.83. The SMILES string of the molecule is COc1ncc2ncnc(Nc3cc(CC(=O)c4cc(C(F)(F)F)ccn4)ccc3C)c2n1. The lowest BCUT2D eigenvalue weighted by Gasteiger charge is -2.12. The van der Waals surface area contributed by atoms with Crippen LogP contribution < -0.4 is 10.1 Å². The van der Waals surface area contributed by atoms with Gasteiger partial charge in [0.2, 0.25) is 0 Å². The van der Waals surface area contributed by atoms with Crippen LogP contribution in [0, 0.1) is 6.92 Å². The Kier molecular flexibility index (Phi) is 5.86. The Balaban J connectivity index is 1.61. The highest BCUT2D eigenvalue weighted by Crippen LogP contribution is 2.29. The van der Waals surface area contributed by atoms with Crippen molar-refractivity contribution in [3.63, 3.8) is 0 Å². The molecular weight excluding hydrogens is 437 g/mol. The van der Waals surface area contributed by atoms with Gasteiger partial charge in [-0.1, -0.05) is 12.1 Å². The number of hydrogen-bond donors (Lipinski definition) is 1. The number of ketones is 1. The van der Waals surface area contributed by atoms with Crippen molar-refractivity contribution in [3.8, 4) is 6.01 Å². The number of nitrogens with one attached hydrogen (secondary N) is 1. The van der Waals surface area contributed by atoms with Crippen LogP contribution in [0.15, 0.2) is 49.1 Å². The maximum atomic E-state index is 12.9. The normalized spacial score (nSPS) is 11.4. The van der Waals surface area contributed by atoms with Crippen molar-refractivity contribution in [2.45, 2.75) is 19.5 Å². The Hall–Kier alpha value is -4.15. The zero-order chi connectivity index (χ0) is 23.6. The number of aromatic nitrogens is 5. The van der Waals surface area contributed by atoms with E-state index in [4.69, 9.17) is 4.74 Å². The number of methoxy groups -OCH3 is 1. The van der Waals surface area contributed by atoms with E-state index in [1.807, 2.05) is 6.92 Å². The summed E-state index contributed by atoms with van der Waals surface area (Å²) in [5, 5.41) is 3.18. The van der Waals surface area contributed by atoms with Crippen LogP contribution >= 0.6 is 0 Å². The van der Waals surface area contributed by atoms with Crippen LogP contribution in [0.2, 0.25) is 0 Å². The first kappa shape index (κ1) is 22.1. The third kappa shape index (κ3) is 4.86. The molecule has 4 rings (SSSR count). The lowest BCUT2D eigenvalue weighted by molar-refractivity contribution is -0.137. The summed E-state index contributed by atoms with van der Waals surface area (Å²) in [7, 11) is 1.45. The number of alkyl halides is 3. The standard InChI is InChI=1S/C22H17F3N6O2/c1-12-3-4-13(8-18(32)16-9-14(5-6-26-16)22(23,24)25)7-15(12)30-20-19-17(28-11-29-20)10-27-21(31-19)33-2/h3-7,9-11H,8H2,1-2H3,(H,28,29,30). The predicted molar refractivity (Wildman–Crippen MR) is 113 cm³/mol. The number of carbonyl (C=O) groups excluding carboxylic acids is 1. The molecule has 0 radical (unpaired) electrons. The van der Waals surface area contributed by atoms with Crippen LogP contribution in [0.4, 0.5) is 24.7 Å². The number of nitrogens with zero attached hydrogens (tertiary/aromatic N) is 5. The molecule has 33 heavy (non-hydrogen) atoms. The monoisotopic (exact) mass is 454 g/mol. The van der Waals surface area contributed by atoms with Crippen LogP contribution in [0.3, 0.4) is 0 Å². The summed E-state index contributed by atoms with van der Waals surface area (Å²) in [5.74, 6) is -0.118. The number of halogens is 3. The molecule has 168 valence electrons. The molecule has 0 saturated heterocycles. The zero-order valence-corrected chi connectivity index (χ0v) is 17.5. The van der Waals surface area contributed by atoms with Gasteiger partial charge in [0.15, 0.2) is 11.6 Å². The van der Waals surface area contributed by atoms with Gasteiger partial charge >= 0.3 is 12.2 Å². The van der Waals surface area contributed by atoms with Crippen molar-refractivity contribution in [2.24, 2.45) is 0 Å². The fourth-order valence-electron chi connectivity index (χ4n) is 3.10. The molecular formula is C22H17F3N6O2. The highest BCUT2D eigenvalue weighted by molar-refractivity contribution is 5.96. The van der Waals surface area contributed by atoms with E-state index in [1.165, 1.54) is 19.6 Å². The molecule has 0 unspecified atom stereocenters. The predicted octanol–water partition coefficient (Wildman–Crippen LogP) is 4.32. The highest BCUT2D eigenvalue weighted by atomic mass is 19.4. The fraction of sp³-hybridized carbons (Fsp3) is 0.182. The Morgan fingerprint density at radius 1 is 1.09 bits per heavy atom. The van der Waals surface area contributed by atoms with E-state index in [0.29, 0.717) is 28.1 Å². The second-order valence-corrected chi connectivity index (χ2v) is 7.11. The van der Waals surface area contributed by atoms with Crippen molar-refractivity contribution >= 4 is 28.3 Å². The highest BCUT2D eigenvalue weighted by Gasteiger charge is 2.31. The summed E-state index contributed by atoms with van der Waals surface area (Å²) in [6.45, 7) is 1.86. The molecule has 0 aliphatic carbocycles. The number of ether oxygens (including phenoxy) is 1. The first-order valence-corrected chi connectivity index (χ1v) is 9.69. The lowest BCUT2D eigenvalue weighted by Crippen LogP contribution is -2.11.